The van der Waals surface area contributed by atoms with Gasteiger partial charge in [0.1, 0.15) is 5.71 Å². The maximum Gasteiger partial charge on any atom is 0.269 e. The molecule has 1 N–H and O–H groups in total. The van der Waals surface area contributed by atoms with Gasteiger partial charge in [-0.25, -0.2) is 8.42 Å². The van der Waals surface area contributed by atoms with Crippen LogP contribution in [0, 0.1) is 11.3 Å². The molecule has 0 saturated carbocycles. The first-order chi connectivity index (χ1) is 14.9. The molecule has 0 bridgehead atoms. The van der Waals surface area contributed by atoms with Gasteiger partial charge in [-0.05, 0) is 24.3 Å². The molecular weight excluding hydrogens is 422 g/mol. The van der Waals surface area contributed by atoms with Crippen molar-refractivity contribution in [2.24, 2.45) is 5.16 Å². The van der Waals surface area contributed by atoms with Gasteiger partial charge in [-0.15, -0.1) is 0 Å². The topological polar surface area (TPSA) is 124 Å². The largest absolute Gasteiger partial charge is 0.387 e. The molecule has 0 aliphatic carbocycles. The van der Waals surface area contributed by atoms with Crippen molar-refractivity contribution >= 4 is 21.6 Å². The zero-order valence-electron chi connectivity index (χ0n) is 17.1. The molecule has 10 nitrogen and oxygen atoms in total. The first-order valence-corrected chi connectivity index (χ1v) is 11.7. The summed E-state index contributed by atoms with van der Waals surface area (Å²) in [6.45, 7) is 4.78. The molecule has 3 aliphatic rings. The minimum absolute atomic E-state index is 0.128. The number of amides is 1. The average Bonchev–Trinajstić information content (AvgIpc) is 3.42. The summed E-state index contributed by atoms with van der Waals surface area (Å²) in [6.07, 6.45) is 0.729. The van der Waals surface area contributed by atoms with Gasteiger partial charge in [0.05, 0.1) is 36.3 Å². The molecule has 166 valence electrons. The second-order valence-electron chi connectivity index (χ2n) is 7.92. The lowest BCUT2D eigenvalue weighted by molar-refractivity contribution is -0.115. The molecule has 1 spiro atoms. The van der Waals surface area contributed by atoms with E-state index in [1.807, 2.05) is 6.07 Å². The van der Waals surface area contributed by atoms with Crippen molar-refractivity contribution in [2.45, 2.75) is 23.3 Å². The number of nitrogens with zero attached hydrogens (tertiary/aromatic N) is 4. The highest BCUT2D eigenvalue weighted by Crippen LogP contribution is 2.36. The number of carbonyl (C=O) groups excluding carboxylic acids is 1. The number of sulfonamides is 1. The molecule has 31 heavy (non-hydrogen) atoms. The molecule has 4 rings (SSSR count). The fourth-order valence-electron chi connectivity index (χ4n) is 3.98. The molecule has 1 aromatic carbocycles. The van der Waals surface area contributed by atoms with Crippen LogP contribution in [0.25, 0.3) is 0 Å². The predicted octanol–water partition coefficient (Wildman–Crippen LogP) is -0.0838. The number of ether oxygens (including phenoxy) is 1. The number of benzene rings is 1. The van der Waals surface area contributed by atoms with Crippen LogP contribution in [0.15, 0.2) is 34.3 Å². The Kier molecular flexibility index (Phi) is 6.24. The zero-order chi connectivity index (χ0) is 21.9. The van der Waals surface area contributed by atoms with Crippen LogP contribution in [-0.4, -0.2) is 87.3 Å². The van der Waals surface area contributed by atoms with Gasteiger partial charge < -0.3 is 14.9 Å². The predicted molar refractivity (Wildman–Crippen MR) is 111 cm³/mol. The fourth-order valence-corrected chi connectivity index (χ4v) is 5.50. The molecule has 0 aromatic heterocycles. The Balaban J connectivity index is 1.30. The van der Waals surface area contributed by atoms with Crippen molar-refractivity contribution in [1.82, 2.24) is 14.5 Å². The van der Waals surface area contributed by atoms with E-state index in [2.05, 4.69) is 15.4 Å². The smallest absolute Gasteiger partial charge is 0.269 e. The summed E-state index contributed by atoms with van der Waals surface area (Å²) in [4.78, 5) is 20.4. The molecule has 11 heteroatoms. The lowest BCUT2D eigenvalue weighted by atomic mass is 9.96. The second kappa shape index (κ2) is 8.92. The van der Waals surface area contributed by atoms with Crippen molar-refractivity contribution in [3.8, 4) is 6.07 Å². The fraction of sp³-hybridized carbons (Fsp3) is 0.550. The van der Waals surface area contributed by atoms with E-state index in [9.17, 15) is 13.2 Å². The Morgan fingerprint density at radius 3 is 2.68 bits per heavy atom. The maximum atomic E-state index is 12.9. The standard InChI is InChI=1S/C20H25N5O5S/c21-14-16-1-3-17(4-2-16)31(27,28)25-7-5-20(15-25)13-18(23-30-20)19(26)22-6-8-24-9-11-29-12-10-24/h1-4H,5-13,15H2,(H,22,26). The lowest BCUT2D eigenvalue weighted by Crippen LogP contribution is -2.43. The molecule has 0 radical (unpaired) electrons. The van der Waals surface area contributed by atoms with Gasteiger partial charge in [-0.3, -0.25) is 9.69 Å². The van der Waals surface area contributed by atoms with E-state index in [-0.39, 0.29) is 30.3 Å². The van der Waals surface area contributed by atoms with Crippen molar-refractivity contribution in [3.05, 3.63) is 29.8 Å². The summed E-state index contributed by atoms with van der Waals surface area (Å²) in [5.74, 6) is -0.279. The molecule has 1 atom stereocenters. The Labute approximate surface area is 181 Å². The molecular formula is C20H25N5O5S. The van der Waals surface area contributed by atoms with Crippen molar-refractivity contribution in [2.75, 3.05) is 52.5 Å². The van der Waals surface area contributed by atoms with Crippen molar-refractivity contribution < 1.29 is 22.8 Å². The van der Waals surface area contributed by atoms with Gasteiger partial charge in [0.2, 0.25) is 10.0 Å². The molecule has 1 amide bonds. The quantitative estimate of drug-likeness (QED) is 0.646. The number of carbonyl (C=O) groups is 1. The third-order valence-corrected chi connectivity index (χ3v) is 7.68. The monoisotopic (exact) mass is 447 g/mol. The highest BCUT2D eigenvalue weighted by atomic mass is 32.2. The molecule has 3 aliphatic heterocycles. The van der Waals surface area contributed by atoms with E-state index in [4.69, 9.17) is 14.8 Å². The Morgan fingerprint density at radius 1 is 1.23 bits per heavy atom. The number of nitrogens with one attached hydrogen (secondary N) is 1. The third kappa shape index (κ3) is 4.72. The summed E-state index contributed by atoms with van der Waals surface area (Å²) < 4.78 is 32.5. The Bertz CT molecular complexity index is 998. The number of rotatable bonds is 6. The van der Waals surface area contributed by atoms with E-state index in [0.717, 1.165) is 19.6 Å². The van der Waals surface area contributed by atoms with E-state index in [1.54, 1.807) is 0 Å². The van der Waals surface area contributed by atoms with Gasteiger partial charge in [0, 0.05) is 45.6 Å². The van der Waals surface area contributed by atoms with Gasteiger partial charge >= 0.3 is 0 Å². The third-order valence-electron chi connectivity index (χ3n) is 5.82. The SMILES string of the molecule is N#Cc1ccc(S(=O)(=O)N2CCC3(CC(C(=O)NCCN4CCOCC4)=NO3)C2)cc1. The van der Waals surface area contributed by atoms with Gasteiger partial charge in [0.15, 0.2) is 5.60 Å². The van der Waals surface area contributed by atoms with Crippen LogP contribution in [-0.2, 0) is 24.4 Å². The average molecular weight is 448 g/mol. The van der Waals surface area contributed by atoms with Crippen LogP contribution in [0.1, 0.15) is 18.4 Å². The van der Waals surface area contributed by atoms with Crippen LogP contribution >= 0.6 is 0 Å². The van der Waals surface area contributed by atoms with Gasteiger partial charge in [0.25, 0.3) is 5.91 Å². The summed E-state index contributed by atoms with van der Waals surface area (Å²) in [7, 11) is -3.71. The molecule has 3 heterocycles. The number of hydrogen-bond acceptors (Lipinski definition) is 8. The normalized spacial score (nSPS) is 24.5. The first-order valence-electron chi connectivity index (χ1n) is 10.3. The minimum Gasteiger partial charge on any atom is -0.387 e. The van der Waals surface area contributed by atoms with Gasteiger partial charge in [-0.2, -0.15) is 9.57 Å². The van der Waals surface area contributed by atoms with E-state index in [0.29, 0.717) is 37.5 Å². The first kappa shape index (κ1) is 21.7. The zero-order valence-corrected chi connectivity index (χ0v) is 17.9. The van der Waals surface area contributed by atoms with Crippen LogP contribution < -0.4 is 5.32 Å². The number of nitriles is 1. The highest BCUT2D eigenvalue weighted by molar-refractivity contribution is 7.89. The summed E-state index contributed by atoms with van der Waals surface area (Å²) in [5.41, 5.74) is -0.121. The summed E-state index contributed by atoms with van der Waals surface area (Å²) >= 11 is 0. The van der Waals surface area contributed by atoms with Crippen molar-refractivity contribution in [1.29, 1.82) is 5.26 Å². The second-order valence-corrected chi connectivity index (χ2v) is 9.86. The van der Waals surface area contributed by atoms with Crippen LogP contribution in [0.5, 0.6) is 0 Å². The van der Waals surface area contributed by atoms with Crippen LogP contribution in [0.3, 0.4) is 0 Å². The summed E-state index contributed by atoms with van der Waals surface area (Å²) in [6, 6.07) is 7.79. The molecule has 2 fully saturated rings. The molecule has 2 saturated heterocycles. The van der Waals surface area contributed by atoms with E-state index in [1.165, 1.54) is 28.6 Å². The van der Waals surface area contributed by atoms with E-state index >= 15 is 0 Å². The lowest BCUT2D eigenvalue weighted by Gasteiger charge is -2.26. The Hall–Kier alpha value is -2.52. The number of oxime groups is 1. The number of morpholine rings is 1. The molecule has 1 aromatic rings. The minimum atomic E-state index is -3.71. The summed E-state index contributed by atoms with van der Waals surface area (Å²) in [5, 5.41) is 15.7. The van der Waals surface area contributed by atoms with Crippen LogP contribution in [0.4, 0.5) is 0 Å². The Morgan fingerprint density at radius 2 is 1.97 bits per heavy atom. The van der Waals surface area contributed by atoms with Gasteiger partial charge in [-0.1, -0.05) is 5.16 Å². The maximum absolute atomic E-state index is 12.9. The van der Waals surface area contributed by atoms with Crippen LogP contribution in [0.2, 0.25) is 0 Å². The van der Waals surface area contributed by atoms with Crippen molar-refractivity contribution in [3.63, 3.8) is 0 Å². The number of hydrogen-bond donors (Lipinski definition) is 1. The van der Waals surface area contributed by atoms with E-state index < -0.39 is 15.6 Å². The highest BCUT2D eigenvalue weighted by Gasteiger charge is 2.49. The molecule has 1 unspecified atom stereocenters.